The van der Waals surface area contributed by atoms with Gasteiger partial charge in [0.05, 0.1) is 0 Å². The van der Waals surface area contributed by atoms with Gasteiger partial charge in [-0.25, -0.2) is 0 Å². The van der Waals surface area contributed by atoms with Crippen LogP contribution in [0.5, 0.6) is 0 Å². The van der Waals surface area contributed by atoms with E-state index in [1.165, 1.54) is 0 Å². The molecule has 2 heteroatoms. The van der Waals surface area contributed by atoms with Crippen LogP contribution in [0.1, 0.15) is 6.42 Å². The van der Waals surface area contributed by atoms with E-state index in [0.29, 0.717) is 5.88 Å². The lowest BCUT2D eigenvalue weighted by atomic mass is 10.5. The molecule has 1 N–H and O–H groups in total. The van der Waals surface area contributed by atoms with Gasteiger partial charge >= 0.3 is 0 Å². The molecule has 0 aliphatic carbocycles. The first-order valence-corrected chi connectivity index (χ1v) is 2.69. The molecule has 0 unspecified atom stereocenters. The highest BCUT2D eigenvalue weighted by atomic mass is 35.5. The van der Waals surface area contributed by atoms with E-state index in [1.54, 1.807) is 0 Å². The van der Waals surface area contributed by atoms with Gasteiger partial charge in [-0.2, -0.15) is 0 Å². The minimum absolute atomic E-state index is 0.675. The van der Waals surface area contributed by atoms with E-state index in [-0.39, 0.29) is 0 Å². The third-order valence-corrected chi connectivity index (χ3v) is 0.805. The Morgan fingerprint density at radius 2 is 2.43 bits per heavy atom. The standard InChI is InChI=1S/C5H8ClN/c1-2-7-5-3-4-6/h1,7H,3-5H2. The molecule has 0 spiro atoms. The monoisotopic (exact) mass is 117 g/mol. The largest absolute Gasteiger partial charge is 0.346 e. The molecule has 0 amide bonds. The van der Waals surface area contributed by atoms with Crippen LogP contribution in [0.25, 0.3) is 0 Å². The molecule has 40 valence electrons. The van der Waals surface area contributed by atoms with Crippen LogP contribution in [0.2, 0.25) is 0 Å². The Labute approximate surface area is 49.1 Å². The Bertz CT molecular complexity index is 65.0. The molecule has 0 fully saturated rings. The van der Waals surface area contributed by atoms with Crippen molar-refractivity contribution in [2.24, 2.45) is 0 Å². The fourth-order valence-corrected chi connectivity index (χ4v) is 0.361. The van der Waals surface area contributed by atoms with Crippen LogP contribution in [0, 0.1) is 12.5 Å². The zero-order chi connectivity index (χ0) is 5.54. The first-order valence-electron chi connectivity index (χ1n) is 2.16. The minimum Gasteiger partial charge on any atom is -0.346 e. The second kappa shape index (κ2) is 5.65. The van der Waals surface area contributed by atoms with Gasteiger partial charge in [0, 0.05) is 18.5 Å². The van der Waals surface area contributed by atoms with Gasteiger partial charge in [-0.15, -0.1) is 11.6 Å². The fourth-order valence-electron chi connectivity index (χ4n) is 0.227. The zero-order valence-corrected chi connectivity index (χ0v) is 4.83. The molecule has 0 aromatic rings. The van der Waals surface area contributed by atoms with Crippen molar-refractivity contribution in [3.8, 4) is 12.5 Å². The number of hydrogen-bond acceptors (Lipinski definition) is 1. The molecule has 0 aliphatic rings. The van der Waals surface area contributed by atoms with Crippen LogP contribution in [-0.2, 0) is 0 Å². The van der Waals surface area contributed by atoms with Gasteiger partial charge in [-0.3, -0.25) is 0 Å². The zero-order valence-electron chi connectivity index (χ0n) is 4.08. The highest BCUT2D eigenvalue weighted by Crippen LogP contribution is 1.78. The first-order chi connectivity index (χ1) is 3.41. The van der Waals surface area contributed by atoms with Gasteiger partial charge in [0.2, 0.25) is 0 Å². The molecule has 0 aromatic heterocycles. The average molecular weight is 118 g/mol. The van der Waals surface area contributed by atoms with Crippen molar-refractivity contribution in [2.75, 3.05) is 12.4 Å². The Morgan fingerprint density at radius 3 is 2.86 bits per heavy atom. The molecule has 0 aromatic carbocycles. The molecule has 0 heterocycles. The molecule has 0 aliphatic heterocycles. The van der Waals surface area contributed by atoms with Crippen LogP contribution in [0.15, 0.2) is 0 Å². The maximum Gasteiger partial charge on any atom is 0.0240 e. The molecular formula is C5H8ClN. The number of terminal acetylenes is 1. The van der Waals surface area contributed by atoms with Crippen molar-refractivity contribution < 1.29 is 0 Å². The fraction of sp³-hybridized carbons (Fsp3) is 0.600. The molecule has 7 heavy (non-hydrogen) atoms. The third-order valence-electron chi connectivity index (χ3n) is 0.537. The lowest BCUT2D eigenvalue weighted by Crippen LogP contribution is -2.06. The first kappa shape index (κ1) is 6.65. The number of rotatable bonds is 3. The normalized spacial score (nSPS) is 7.43. The smallest absolute Gasteiger partial charge is 0.0240 e. The van der Waals surface area contributed by atoms with Gasteiger partial charge in [-0.1, -0.05) is 6.42 Å². The molecule has 0 radical (unpaired) electrons. The Balaban J connectivity index is 2.60. The van der Waals surface area contributed by atoms with E-state index in [2.05, 4.69) is 11.4 Å². The van der Waals surface area contributed by atoms with E-state index >= 15 is 0 Å². The molecule has 0 bridgehead atoms. The summed E-state index contributed by atoms with van der Waals surface area (Å²) < 4.78 is 0. The summed E-state index contributed by atoms with van der Waals surface area (Å²) in [6.45, 7) is 0.819. The maximum atomic E-state index is 5.33. The molecule has 0 saturated heterocycles. The molecule has 1 nitrogen and oxygen atoms in total. The lowest BCUT2D eigenvalue weighted by molar-refractivity contribution is 0.834. The predicted octanol–water partition coefficient (Wildman–Crippen LogP) is 0.796. The highest BCUT2D eigenvalue weighted by molar-refractivity contribution is 6.17. The predicted molar refractivity (Wildman–Crippen MR) is 32.2 cm³/mol. The quantitative estimate of drug-likeness (QED) is 0.250. The SMILES string of the molecule is C#CNCCCCl. The summed E-state index contributed by atoms with van der Waals surface area (Å²) in [6.07, 6.45) is 5.80. The highest BCUT2D eigenvalue weighted by Gasteiger charge is 1.76. The van der Waals surface area contributed by atoms with Crippen LogP contribution in [0.4, 0.5) is 0 Å². The summed E-state index contributed by atoms with van der Waals surface area (Å²) in [7, 11) is 0. The van der Waals surface area contributed by atoms with E-state index in [4.69, 9.17) is 18.0 Å². The van der Waals surface area contributed by atoms with Crippen molar-refractivity contribution in [3.05, 3.63) is 0 Å². The minimum atomic E-state index is 0.675. The van der Waals surface area contributed by atoms with Crippen LogP contribution in [-0.4, -0.2) is 12.4 Å². The third kappa shape index (κ3) is 5.65. The van der Waals surface area contributed by atoms with E-state index in [1.807, 2.05) is 0 Å². The average Bonchev–Trinajstić information content (AvgIpc) is 1.69. The summed E-state index contributed by atoms with van der Waals surface area (Å²) in [4.78, 5) is 0. The summed E-state index contributed by atoms with van der Waals surface area (Å²) in [6, 6.07) is 2.29. The van der Waals surface area contributed by atoms with E-state index in [9.17, 15) is 0 Å². The van der Waals surface area contributed by atoms with Gasteiger partial charge in [0.25, 0.3) is 0 Å². The Morgan fingerprint density at radius 1 is 1.71 bits per heavy atom. The number of hydrogen-bond donors (Lipinski definition) is 1. The maximum absolute atomic E-state index is 5.33. The topological polar surface area (TPSA) is 12.0 Å². The summed E-state index contributed by atoms with van der Waals surface area (Å²) >= 11 is 5.33. The Kier molecular flexibility index (Phi) is 5.37. The summed E-state index contributed by atoms with van der Waals surface area (Å²) in [5.41, 5.74) is 0. The summed E-state index contributed by atoms with van der Waals surface area (Å²) in [5, 5.41) is 2.69. The van der Waals surface area contributed by atoms with Gasteiger partial charge in [0.15, 0.2) is 0 Å². The molecule has 0 atom stereocenters. The van der Waals surface area contributed by atoms with Gasteiger partial charge < -0.3 is 5.32 Å². The lowest BCUT2D eigenvalue weighted by Gasteiger charge is -1.89. The van der Waals surface area contributed by atoms with Gasteiger partial charge in [0.1, 0.15) is 0 Å². The van der Waals surface area contributed by atoms with Crippen molar-refractivity contribution in [3.63, 3.8) is 0 Å². The second-order valence-corrected chi connectivity index (χ2v) is 1.49. The van der Waals surface area contributed by atoms with Crippen molar-refractivity contribution in [2.45, 2.75) is 6.42 Å². The molecule has 0 rings (SSSR count). The van der Waals surface area contributed by atoms with Crippen LogP contribution < -0.4 is 5.32 Å². The van der Waals surface area contributed by atoms with Gasteiger partial charge in [-0.05, 0) is 6.42 Å². The van der Waals surface area contributed by atoms with E-state index < -0.39 is 0 Å². The van der Waals surface area contributed by atoms with Crippen molar-refractivity contribution >= 4 is 11.6 Å². The number of nitrogens with one attached hydrogen (secondary N) is 1. The number of alkyl halides is 1. The molecular weight excluding hydrogens is 110 g/mol. The van der Waals surface area contributed by atoms with Crippen LogP contribution >= 0.6 is 11.6 Å². The van der Waals surface area contributed by atoms with Crippen molar-refractivity contribution in [1.82, 2.24) is 5.32 Å². The summed E-state index contributed by atoms with van der Waals surface area (Å²) in [5.74, 6) is 0.675. The second-order valence-electron chi connectivity index (χ2n) is 1.11. The van der Waals surface area contributed by atoms with Crippen LogP contribution in [0.3, 0.4) is 0 Å². The number of halogens is 1. The van der Waals surface area contributed by atoms with Crippen molar-refractivity contribution in [1.29, 1.82) is 0 Å². The van der Waals surface area contributed by atoms with E-state index in [0.717, 1.165) is 13.0 Å². The Hall–Kier alpha value is -0.350. The molecule has 0 saturated carbocycles.